The molecule has 0 saturated heterocycles. The van der Waals surface area contributed by atoms with Crippen LogP contribution in [-0.4, -0.2) is 17.8 Å². The van der Waals surface area contributed by atoms with Crippen molar-refractivity contribution in [1.82, 2.24) is 0 Å². The Morgan fingerprint density at radius 2 is 0.800 bits per heavy atom. The van der Waals surface area contributed by atoms with E-state index in [0.717, 1.165) is 0 Å². The van der Waals surface area contributed by atoms with Gasteiger partial charge in [0.15, 0.2) is 0 Å². The average Bonchev–Trinajstić information content (AvgIpc) is 0.592. The molecule has 0 aromatic heterocycles. The zero-order valence-electron chi connectivity index (χ0n) is 4.21. The van der Waals surface area contributed by atoms with Crippen LogP contribution in [0.4, 0.5) is 0 Å². The van der Waals surface area contributed by atoms with Gasteiger partial charge in [0.2, 0.25) is 0 Å². The Balaban J connectivity index is -0.0000000600. The SMILES string of the molecule is O.O.[Cu].[O-][I+]([O-])([O-])([O-])(O)O. The fourth-order valence-electron chi connectivity index (χ4n) is 0. The zero-order valence-corrected chi connectivity index (χ0v) is 7.31. The van der Waals surface area contributed by atoms with Gasteiger partial charge in [0.05, 0.1) is 0 Å². The summed E-state index contributed by atoms with van der Waals surface area (Å²) >= 11 is -9.12. The fraction of sp³-hybridized carbons (Fsp3) is 0. The van der Waals surface area contributed by atoms with Crippen molar-refractivity contribution < 1.29 is 66.8 Å². The van der Waals surface area contributed by atoms with E-state index in [1.807, 2.05) is 0 Å². The summed E-state index contributed by atoms with van der Waals surface area (Å²) < 4.78 is 49.5. The van der Waals surface area contributed by atoms with Gasteiger partial charge in [-0.1, -0.05) is 0 Å². The molecule has 1 radical (unpaired) electrons. The molecule has 0 fully saturated rings. The van der Waals surface area contributed by atoms with E-state index in [1.165, 1.54) is 0 Å². The normalized spacial score (nSPS) is 16.2. The van der Waals surface area contributed by atoms with Crippen LogP contribution < -0.4 is 31.9 Å². The predicted molar refractivity (Wildman–Crippen MR) is 11.7 cm³/mol. The Morgan fingerprint density at radius 3 is 0.800 bits per heavy atom. The van der Waals surface area contributed by atoms with E-state index < -0.39 is 18.2 Å². The summed E-state index contributed by atoms with van der Waals surface area (Å²) in [5, 5.41) is 0. The quantitative estimate of drug-likeness (QED) is 0.327. The van der Waals surface area contributed by atoms with E-state index in [9.17, 15) is 0 Å². The number of hydrogen-bond donors (Lipinski definition) is 2. The van der Waals surface area contributed by atoms with Crippen molar-refractivity contribution in [2.24, 2.45) is 0 Å². The third kappa shape index (κ3) is 650. The van der Waals surface area contributed by atoms with Crippen LogP contribution in [0.3, 0.4) is 0 Å². The van der Waals surface area contributed by atoms with Gasteiger partial charge in [-0.05, 0) is 0 Å². The molecule has 0 aliphatic heterocycles. The minimum absolute atomic E-state index is 0. The van der Waals surface area contributed by atoms with Crippen molar-refractivity contribution in [3.05, 3.63) is 0 Å². The molecular weight excluding hydrogens is 318 g/mol. The number of rotatable bonds is 0. The van der Waals surface area contributed by atoms with Gasteiger partial charge in [-0.3, -0.25) is 0 Å². The molecule has 75 valence electrons. The van der Waals surface area contributed by atoms with Crippen LogP contribution in [-0.2, 0) is 17.1 Å². The maximum atomic E-state index is 8.88. The van der Waals surface area contributed by atoms with Crippen molar-refractivity contribution in [1.29, 1.82) is 0 Å². The summed E-state index contributed by atoms with van der Waals surface area (Å²) in [6.07, 6.45) is 0. The first-order valence-electron chi connectivity index (χ1n) is 0.955. The first kappa shape index (κ1) is 22.4. The first-order chi connectivity index (χ1) is 2.45. The van der Waals surface area contributed by atoms with E-state index in [2.05, 4.69) is 0 Å². The fourth-order valence-corrected chi connectivity index (χ4v) is 0. The number of hydrogen-bond acceptors (Lipinski definition) is 6. The van der Waals surface area contributed by atoms with Crippen LogP contribution in [0.15, 0.2) is 0 Å². The molecule has 10 heavy (non-hydrogen) atoms. The molecule has 10 heteroatoms. The second-order valence-electron chi connectivity index (χ2n) is 1.01. The topological polar surface area (TPSA) is 196 Å². The van der Waals surface area contributed by atoms with Gasteiger partial charge in [0.25, 0.3) is 0 Å². The summed E-state index contributed by atoms with van der Waals surface area (Å²) in [4.78, 5) is 0. The van der Waals surface area contributed by atoms with Gasteiger partial charge >= 0.3 is 38.8 Å². The average molecular weight is 324 g/mol. The van der Waals surface area contributed by atoms with Gasteiger partial charge in [-0.25, -0.2) is 0 Å². The van der Waals surface area contributed by atoms with E-state index in [-0.39, 0.29) is 28.0 Å². The second-order valence-corrected chi connectivity index (χ2v) is 6.75. The van der Waals surface area contributed by atoms with Crippen LogP contribution in [0.2, 0.25) is 0 Å². The molecule has 0 aromatic carbocycles. The Hall–Kier alpha value is 0.929. The summed E-state index contributed by atoms with van der Waals surface area (Å²) in [5.41, 5.74) is 0. The van der Waals surface area contributed by atoms with Gasteiger partial charge in [0, 0.05) is 17.1 Å². The van der Waals surface area contributed by atoms with Gasteiger partial charge < -0.3 is 11.0 Å². The van der Waals surface area contributed by atoms with Gasteiger partial charge in [-0.2, -0.15) is 0 Å². The van der Waals surface area contributed by atoms with Crippen LogP contribution >= 0.6 is 0 Å². The summed E-state index contributed by atoms with van der Waals surface area (Å²) in [6, 6.07) is 0. The molecule has 0 aliphatic carbocycles. The summed E-state index contributed by atoms with van der Waals surface area (Å²) in [5.74, 6) is 0. The molecule has 6 N–H and O–H groups in total. The molecule has 0 spiro atoms. The van der Waals surface area contributed by atoms with Crippen molar-refractivity contribution in [3.63, 3.8) is 0 Å². The minimum atomic E-state index is -9.12. The van der Waals surface area contributed by atoms with Crippen molar-refractivity contribution in [3.8, 4) is 0 Å². The van der Waals surface area contributed by atoms with Crippen molar-refractivity contribution >= 4 is 0 Å². The number of halogens is 1. The Kier molecular flexibility index (Phi) is 7.00. The maximum absolute atomic E-state index is 9.12. The predicted octanol–water partition coefficient (Wildman–Crippen LogP) is -10.5. The van der Waals surface area contributed by atoms with Crippen LogP contribution in [0, 0.1) is 0 Å². The van der Waals surface area contributed by atoms with Crippen molar-refractivity contribution in [2.75, 3.05) is 0 Å². The molecule has 0 aliphatic rings. The van der Waals surface area contributed by atoms with Crippen molar-refractivity contribution in [2.45, 2.75) is 0 Å². The summed E-state index contributed by atoms with van der Waals surface area (Å²) in [6.45, 7) is 0. The zero-order chi connectivity index (χ0) is 6.41. The van der Waals surface area contributed by atoms with Crippen LogP contribution in [0.5, 0.6) is 0 Å². The Labute approximate surface area is 66.9 Å². The molecular formula is H6CuIO8-3. The second kappa shape index (κ2) is 3.12. The van der Waals surface area contributed by atoms with Gasteiger partial charge in [-0.15, -0.1) is 0 Å². The summed E-state index contributed by atoms with van der Waals surface area (Å²) in [7, 11) is 0. The van der Waals surface area contributed by atoms with E-state index in [4.69, 9.17) is 20.6 Å². The van der Waals surface area contributed by atoms with E-state index in [1.54, 1.807) is 0 Å². The van der Waals surface area contributed by atoms with Crippen LogP contribution in [0.25, 0.3) is 0 Å². The molecule has 0 atom stereocenters. The third-order valence-corrected chi connectivity index (χ3v) is 0. The molecule has 8 nitrogen and oxygen atoms in total. The third-order valence-electron chi connectivity index (χ3n) is 0. The molecule has 0 rings (SSSR count). The Bertz CT molecular complexity index is 67.8. The Morgan fingerprint density at radius 1 is 0.800 bits per heavy atom. The van der Waals surface area contributed by atoms with Gasteiger partial charge in [0.1, 0.15) is 0 Å². The standard InChI is InChI=1S/Cu.H2IO6.2H2O/c;2-1(3,4,5,6)7;;/h;2-3H;2*1H2/q;-3;;. The monoisotopic (exact) mass is 324 g/mol. The van der Waals surface area contributed by atoms with E-state index >= 15 is 0 Å². The molecule has 0 unspecified atom stereocenters. The molecule has 0 saturated carbocycles. The van der Waals surface area contributed by atoms with E-state index in [0.29, 0.717) is 0 Å². The molecule has 0 aromatic rings. The molecule has 0 heterocycles. The van der Waals surface area contributed by atoms with Crippen LogP contribution in [0.1, 0.15) is 0 Å². The molecule has 0 bridgehead atoms. The first-order valence-corrected chi connectivity index (χ1v) is 6.41. The molecule has 0 amide bonds.